The van der Waals surface area contributed by atoms with Crippen LogP contribution in [-0.4, -0.2) is 33.3 Å². The molecule has 1 N–H and O–H groups in total. The Morgan fingerprint density at radius 3 is 2.58 bits per heavy atom. The van der Waals surface area contributed by atoms with Gasteiger partial charge in [-0.2, -0.15) is 0 Å². The van der Waals surface area contributed by atoms with Gasteiger partial charge >= 0.3 is 0 Å². The number of hydrogen-bond acceptors (Lipinski definition) is 7. The fourth-order valence-corrected chi connectivity index (χ4v) is 5.01. The summed E-state index contributed by atoms with van der Waals surface area (Å²) in [5.74, 6) is 0.447. The maximum Gasteiger partial charge on any atom is 0.178 e. The van der Waals surface area contributed by atoms with Crippen molar-refractivity contribution in [1.82, 2.24) is 14.4 Å². The fraction of sp³-hybridized carbons (Fsp3) is 0.250. The fourth-order valence-electron chi connectivity index (χ4n) is 3.31. The van der Waals surface area contributed by atoms with Gasteiger partial charge in [-0.1, -0.05) is 20.8 Å². The maximum absolute atomic E-state index is 15.0. The van der Waals surface area contributed by atoms with E-state index in [0.717, 1.165) is 26.9 Å². The third-order valence-electron chi connectivity index (χ3n) is 4.67. The lowest BCUT2D eigenvalue weighted by Crippen LogP contribution is -2.07. The molecule has 172 valence electrons. The minimum atomic E-state index is -0.461. The molecule has 3 heterocycles. The molecule has 1 aromatic carbocycles. The Morgan fingerprint density at radius 2 is 1.91 bits per heavy atom. The van der Waals surface area contributed by atoms with Crippen molar-refractivity contribution < 1.29 is 13.9 Å². The van der Waals surface area contributed by atoms with Crippen LogP contribution in [0.1, 0.15) is 20.8 Å². The van der Waals surface area contributed by atoms with Crippen molar-refractivity contribution in [3.63, 3.8) is 0 Å². The SMILES string of the molecule is COc1cc2ncc(-c3cc(F)c(OC)c(NSc4cccnc4)c3)n2cc1SC(C)(C)C. The van der Waals surface area contributed by atoms with Crippen LogP contribution in [-0.2, 0) is 0 Å². The molecule has 3 aromatic heterocycles. The average Bonchev–Trinajstić information content (AvgIpc) is 3.19. The van der Waals surface area contributed by atoms with E-state index in [1.807, 2.05) is 34.9 Å². The molecule has 0 bridgehead atoms. The zero-order chi connectivity index (χ0) is 23.6. The van der Waals surface area contributed by atoms with Crippen LogP contribution in [0.4, 0.5) is 10.1 Å². The van der Waals surface area contributed by atoms with Crippen LogP contribution >= 0.6 is 23.7 Å². The van der Waals surface area contributed by atoms with E-state index in [1.54, 1.807) is 37.5 Å². The lowest BCUT2D eigenvalue weighted by atomic mass is 10.1. The average molecular weight is 485 g/mol. The number of halogens is 1. The lowest BCUT2D eigenvalue weighted by Gasteiger charge is -2.20. The molecule has 6 nitrogen and oxygen atoms in total. The van der Waals surface area contributed by atoms with Gasteiger partial charge in [0.15, 0.2) is 11.6 Å². The molecule has 4 rings (SSSR count). The Hall–Kier alpha value is -2.91. The molecule has 33 heavy (non-hydrogen) atoms. The number of thioether (sulfide) groups is 1. The highest BCUT2D eigenvalue weighted by Crippen LogP contribution is 2.40. The first-order valence-electron chi connectivity index (χ1n) is 10.2. The van der Waals surface area contributed by atoms with Gasteiger partial charge in [0, 0.05) is 39.9 Å². The molecule has 0 aliphatic heterocycles. The quantitative estimate of drug-likeness (QED) is 0.235. The number of benzene rings is 1. The Kier molecular flexibility index (Phi) is 6.71. The zero-order valence-electron chi connectivity index (χ0n) is 19.0. The minimum absolute atomic E-state index is 0.00543. The van der Waals surface area contributed by atoms with Crippen molar-refractivity contribution in [3.8, 4) is 22.8 Å². The summed E-state index contributed by atoms with van der Waals surface area (Å²) in [6.07, 6.45) is 7.17. The number of rotatable bonds is 7. The van der Waals surface area contributed by atoms with E-state index < -0.39 is 5.82 Å². The number of pyridine rings is 2. The van der Waals surface area contributed by atoms with E-state index in [0.29, 0.717) is 11.3 Å². The van der Waals surface area contributed by atoms with Crippen LogP contribution in [0.2, 0.25) is 0 Å². The Morgan fingerprint density at radius 1 is 1.09 bits per heavy atom. The van der Waals surface area contributed by atoms with E-state index in [9.17, 15) is 0 Å². The second-order valence-electron chi connectivity index (χ2n) is 8.22. The number of nitrogens with one attached hydrogen (secondary N) is 1. The zero-order valence-corrected chi connectivity index (χ0v) is 20.7. The van der Waals surface area contributed by atoms with Crippen LogP contribution in [0.5, 0.6) is 11.5 Å². The summed E-state index contributed by atoms with van der Waals surface area (Å²) < 4.78 is 31.1. The highest BCUT2D eigenvalue weighted by molar-refractivity contribution is 8.00. The van der Waals surface area contributed by atoms with Crippen LogP contribution in [0.25, 0.3) is 16.9 Å². The molecule has 0 aliphatic carbocycles. The Bertz CT molecular complexity index is 1270. The maximum atomic E-state index is 15.0. The number of fused-ring (bicyclic) bond motifs is 1. The molecule has 0 radical (unpaired) electrons. The molecule has 9 heteroatoms. The van der Waals surface area contributed by atoms with Crippen LogP contribution in [0, 0.1) is 5.82 Å². The normalized spacial score (nSPS) is 11.6. The van der Waals surface area contributed by atoms with Gasteiger partial charge in [-0.15, -0.1) is 11.8 Å². The highest BCUT2D eigenvalue weighted by atomic mass is 32.2. The number of aromatic nitrogens is 3. The number of anilines is 1. The number of methoxy groups -OCH3 is 2. The molecule has 4 aromatic rings. The molecule has 0 spiro atoms. The monoisotopic (exact) mass is 484 g/mol. The first-order chi connectivity index (χ1) is 15.8. The van der Waals surface area contributed by atoms with Gasteiger partial charge in [0.05, 0.1) is 36.7 Å². The van der Waals surface area contributed by atoms with Crippen LogP contribution < -0.4 is 14.2 Å². The van der Waals surface area contributed by atoms with Crippen molar-refractivity contribution in [2.24, 2.45) is 0 Å². The predicted octanol–water partition coefficient (Wildman–Crippen LogP) is 6.56. The molecule has 0 saturated heterocycles. The smallest absolute Gasteiger partial charge is 0.178 e. The van der Waals surface area contributed by atoms with Crippen molar-refractivity contribution in [3.05, 3.63) is 60.9 Å². The van der Waals surface area contributed by atoms with Crippen molar-refractivity contribution in [1.29, 1.82) is 0 Å². The minimum Gasteiger partial charge on any atom is -0.495 e. The van der Waals surface area contributed by atoms with Gasteiger partial charge in [0.1, 0.15) is 11.4 Å². The number of ether oxygens (including phenoxy) is 2. The van der Waals surface area contributed by atoms with Crippen molar-refractivity contribution in [2.75, 3.05) is 18.9 Å². The van der Waals surface area contributed by atoms with E-state index in [1.165, 1.54) is 25.1 Å². The second kappa shape index (κ2) is 9.52. The van der Waals surface area contributed by atoms with Crippen LogP contribution in [0.3, 0.4) is 0 Å². The summed E-state index contributed by atoms with van der Waals surface area (Å²) in [5.41, 5.74) is 2.68. The number of imidazole rings is 1. The van der Waals surface area contributed by atoms with Gasteiger partial charge < -0.3 is 14.2 Å². The van der Waals surface area contributed by atoms with Gasteiger partial charge in [0.25, 0.3) is 0 Å². The summed E-state index contributed by atoms with van der Waals surface area (Å²) in [6.45, 7) is 6.44. The third-order valence-corrected chi connectivity index (χ3v) is 6.61. The summed E-state index contributed by atoms with van der Waals surface area (Å²) in [5, 5.41) is 0. The summed E-state index contributed by atoms with van der Waals surface area (Å²) in [7, 11) is 3.10. The van der Waals surface area contributed by atoms with Crippen molar-refractivity contribution in [2.45, 2.75) is 35.3 Å². The van der Waals surface area contributed by atoms with Gasteiger partial charge in [-0.3, -0.25) is 9.38 Å². The predicted molar refractivity (Wildman–Crippen MR) is 133 cm³/mol. The van der Waals surface area contributed by atoms with E-state index in [4.69, 9.17) is 9.47 Å². The Balaban J connectivity index is 1.77. The summed E-state index contributed by atoms with van der Waals surface area (Å²) in [6, 6.07) is 8.98. The lowest BCUT2D eigenvalue weighted by molar-refractivity contribution is 0.389. The topological polar surface area (TPSA) is 60.7 Å². The number of hydrogen-bond donors (Lipinski definition) is 1. The molecule has 0 atom stereocenters. The van der Waals surface area contributed by atoms with E-state index in [-0.39, 0.29) is 10.5 Å². The summed E-state index contributed by atoms with van der Waals surface area (Å²) >= 11 is 3.04. The summed E-state index contributed by atoms with van der Waals surface area (Å²) in [4.78, 5) is 10.5. The van der Waals surface area contributed by atoms with Crippen molar-refractivity contribution >= 4 is 35.0 Å². The van der Waals surface area contributed by atoms with Crippen LogP contribution in [0.15, 0.2) is 64.9 Å². The highest BCUT2D eigenvalue weighted by Gasteiger charge is 2.20. The number of nitrogens with zero attached hydrogens (tertiary/aromatic N) is 3. The molecule has 0 amide bonds. The molecular weight excluding hydrogens is 459 g/mol. The molecule has 0 unspecified atom stereocenters. The van der Waals surface area contributed by atoms with E-state index in [2.05, 4.69) is 35.5 Å². The largest absolute Gasteiger partial charge is 0.495 e. The molecular formula is C24H25FN4O2S2. The van der Waals surface area contributed by atoms with E-state index >= 15 is 4.39 Å². The standard InChI is InChI=1S/C24H25FN4O2S2/c1-24(2,3)32-21-14-29-19(13-27-22(29)11-20(21)30-4)15-9-17(25)23(31-5)18(10-15)28-33-16-7-6-8-26-12-16/h6-14,28H,1-5H3. The third kappa shape index (κ3) is 5.20. The molecule has 0 aliphatic rings. The first kappa shape index (κ1) is 23.3. The second-order valence-corrected chi connectivity index (χ2v) is 11.0. The van der Waals surface area contributed by atoms with Gasteiger partial charge in [-0.05, 0) is 36.2 Å². The molecule has 0 fully saturated rings. The Labute approximate surface area is 201 Å². The van der Waals surface area contributed by atoms with Gasteiger partial charge in [-0.25, -0.2) is 9.37 Å². The van der Waals surface area contributed by atoms with Gasteiger partial charge in [0.2, 0.25) is 0 Å². The first-order valence-corrected chi connectivity index (χ1v) is 11.9. The molecule has 0 saturated carbocycles.